The van der Waals surface area contributed by atoms with Gasteiger partial charge >= 0.3 is 6.18 Å². The molecule has 0 aromatic heterocycles. The summed E-state index contributed by atoms with van der Waals surface area (Å²) in [5, 5.41) is 0. The van der Waals surface area contributed by atoms with Crippen molar-refractivity contribution >= 4 is 11.6 Å². The van der Waals surface area contributed by atoms with Crippen molar-refractivity contribution in [1.29, 1.82) is 0 Å². The molecule has 114 valence electrons. The summed E-state index contributed by atoms with van der Waals surface area (Å²) in [6.45, 7) is 0. The van der Waals surface area contributed by atoms with Gasteiger partial charge in [-0.1, -0.05) is 18.6 Å². The zero-order chi connectivity index (χ0) is 15.5. The number of hydrogen-bond acceptors (Lipinski definition) is 2. The predicted molar refractivity (Wildman–Crippen MR) is 72.0 cm³/mol. The minimum atomic E-state index is -4.39. The summed E-state index contributed by atoms with van der Waals surface area (Å²) in [6.07, 6.45) is -0.359. The zero-order valence-corrected chi connectivity index (χ0v) is 11.6. The average Bonchev–Trinajstić information content (AvgIpc) is 2.45. The third kappa shape index (κ3) is 4.16. The van der Waals surface area contributed by atoms with Gasteiger partial charge in [0.25, 0.3) is 0 Å². The molecule has 0 amide bonds. The fourth-order valence-electron chi connectivity index (χ4n) is 2.66. The molecule has 1 aliphatic rings. The minimum Gasteiger partial charge on any atom is -0.299 e. The third-order valence-electron chi connectivity index (χ3n) is 3.94. The Morgan fingerprint density at radius 3 is 2.38 bits per heavy atom. The van der Waals surface area contributed by atoms with Crippen LogP contribution >= 0.6 is 0 Å². The molecule has 5 heteroatoms. The number of hydrogen-bond donors (Lipinski definition) is 0. The molecule has 0 saturated heterocycles. The van der Waals surface area contributed by atoms with Crippen LogP contribution in [0.1, 0.15) is 54.4 Å². The summed E-state index contributed by atoms with van der Waals surface area (Å²) in [7, 11) is 0. The first kappa shape index (κ1) is 15.7. The van der Waals surface area contributed by atoms with Gasteiger partial charge in [-0.15, -0.1) is 0 Å². The van der Waals surface area contributed by atoms with Crippen LogP contribution in [-0.2, 0) is 11.0 Å². The second-order valence-corrected chi connectivity index (χ2v) is 5.45. The third-order valence-corrected chi connectivity index (χ3v) is 3.94. The Kier molecular flexibility index (Phi) is 4.80. The maximum atomic E-state index is 12.4. The van der Waals surface area contributed by atoms with E-state index in [1.807, 2.05) is 0 Å². The fourth-order valence-corrected chi connectivity index (χ4v) is 2.66. The SMILES string of the molecule is O=C(CCC1CCCCC1=O)c1ccc(C(F)(F)F)cc1. The van der Waals surface area contributed by atoms with Gasteiger partial charge in [0.15, 0.2) is 5.78 Å². The number of ketones is 2. The fraction of sp³-hybridized carbons (Fsp3) is 0.500. The van der Waals surface area contributed by atoms with Gasteiger partial charge < -0.3 is 0 Å². The highest BCUT2D eigenvalue weighted by atomic mass is 19.4. The summed E-state index contributed by atoms with van der Waals surface area (Å²) >= 11 is 0. The van der Waals surface area contributed by atoms with Gasteiger partial charge in [-0.3, -0.25) is 9.59 Å². The van der Waals surface area contributed by atoms with Gasteiger partial charge in [0.1, 0.15) is 5.78 Å². The lowest BCUT2D eigenvalue weighted by Crippen LogP contribution is -2.19. The Labute approximate surface area is 121 Å². The van der Waals surface area contributed by atoms with E-state index in [4.69, 9.17) is 0 Å². The summed E-state index contributed by atoms with van der Waals surface area (Å²) in [6, 6.07) is 4.24. The van der Waals surface area contributed by atoms with Gasteiger partial charge in [-0.2, -0.15) is 13.2 Å². The second-order valence-electron chi connectivity index (χ2n) is 5.45. The van der Waals surface area contributed by atoms with E-state index < -0.39 is 11.7 Å². The molecule has 1 saturated carbocycles. The van der Waals surface area contributed by atoms with Crippen molar-refractivity contribution in [3.8, 4) is 0 Å². The topological polar surface area (TPSA) is 34.1 Å². The molecule has 0 aliphatic heterocycles. The Balaban J connectivity index is 1.92. The lowest BCUT2D eigenvalue weighted by atomic mass is 9.84. The summed E-state index contributed by atoms with van der Waals surface area (Å²) in [5.41, 5.74) is -0.493. The number of benzene rings is 1. The highest BCUT2D eigenvalue weighted by molar-refractivity contribution is 5.96. The van der Waals surface area contributed by atoms with Crippen LogP contribution in [0.25, 0.3) is 0 Å². The summed E-state index contributed by atoms with van der Waals surface area (Å²) in [5.74, 6) is -0.0549. The van der Waals surface area contributed by atoms with E-state index >= 15 is 0 Å². The molecule has 2 rings (SSSR count). The predicted octanol–water partition coefficient (Wildman–Crippen LogP) is 4.43. The lowest BCUT2D eigenvalue weighted by Gasteiger charge is -2.19. The molecule has 1 aromatic carbocycles. The molecule has 1 fully saturated rings. The van der Waals surface area contributed by atoms with Gasteiger partial charge in [0.05, 0.1) is 5.56 Å². The van der Waals surface area contributed by atoms with E-state index in [1.54, 1.807) is 0 Å². The van der Waals surface area contributed by atoms with Crippen LogP contribution in [0.4, 0.5) is 13.2 Å². The van der Waals surface area contributed by atoms with Crippen LogP contribution in [0, 0.1) is 5.92 Å². The Morgan fingerprint density at radius 1 is 1.14 bits per heavy atom. The molecule has 0 bridgehead atoms. The monoisotopic (exact) mass is 298 g/mol. The standard InChI is InChI=1S/C16H17F3O2/c17-16(18,19)13-8-5-12(6-9-13)15(21)10-7-11-3-1-2-4-14(11)20/h5-6,8-9,11H,1-4,7,10H2. The summed E-state index contributed by atoms with van der Waals surface area (Å²) < 4.78 is 37.3. The maximum absolute atomic E-state index is 12.4. The van der Waals surface area contributed by atoms with Crippen molar-refractivity contribution in [1.82, 2.24) is 0 Å². The van der Waals surface area contributed by atoms with Gasteiger partial charge in [0.2, 0.25) is 0 Å². The Hall–Kier alpha value is -1.65. The quantitative estimate of drug-likeness (QED) is 0.771. The number of alkyl halides is 3. The first-order chi connectivity index (χ1) is 9.88. The molecule has 1 aliphatic carbocycles. The van der Waals surface area contributed by atoms with Gasteiger partial charge in [-0.25, -0.2) is 0 Å². The van der Waals surface area contributed by atoms with Crippen LogP contribution in [0.5, 0.6) is 0 Å². The number of carbonyl (C=O) groups is 2. The summed E-state index contributed by atoms with van der Waals surface area (Å²) in [4.78, 5) is 23.6. The van der Waals surface area contributed by atoms with Gasteiger partial charge in [0, 0.05) is 24.3 Å². The Morgan fingerprint density at radius 2 is 1.81 bits per heavy atom. The largest absolute Gasteiger partial charge is 0.416 e. The average molecular weight is 298 g/mol. The van der Waals surface area contributed by atoms with Crippen LogP contribution in [-0.4, -0.2) is 11.6 Å². The number of halogens is 3. The van der Waals surface area contributed by atoms with Crippen LogP contribution in [0.3, 0.4) is 0 Å². The molecular weight excluding hydrogens is 281 g/mol. The van der Waals surface area contributed by atoms with Crippen LogP contribution < -0.4 is 0 Å². The number of rotatable bonds is 4. The molecule has 0 radical (unpaired) electrons. The van der Waals surface area contributed by atoms with E-state index in [-0.39, 0.29) is 29.5 Å². The molecular formula is C16H17F3O2. The molecule has 0 N–H and O–H groups in total. The van der Waals surface area contributed by atoms with Crippen molar-refractivity contribution < 1.29 is 22.8 Å². The van der Waals surface area contributed by atoms with E-state index in [9.17, 15) is 22.8 Å². The van der Waals surface area contributed by atoms with E-state index in [1.165, 1.54) is 12.1 Å². The highest BCUT2D eigenvalue weighted by Gasteiger charge is 2.30. The lowest BCUT2D eigenvalue weighted by molar-refractivity contribution is -0.137. The molecule has 1 unspecified atom stereocenters. The van der Waals surface area contributed by atoms with Crippen LogP contribution in [0.15, 0.2) is 24.3 Å². The minimum absolute atomic E-state index is 0.0582. The van der Waals surface area contributed by atoms with Crippen molar-refractivity contribution in [2.24, 2.45) is 5.92 Å². The normalized spacial score (nSPS) is 19.6. The number of Topliss-reactive ketones (excluding diaryl/α,β-unsaturated/α-hetero) is 2. The van der Waals surface area contributed by atoms with E-state index in [2.05, 4.69) is 0 Å². The van der Waals surface area contributed by atoms with Crippen molar-refractivity contribution in [2.45, 2.75) is 44.7 Å². The molecule has 0 heterocycles. The van der Waals surface area contributed by atoms with Gasteiger partial charge in [-0.05, 0) is 31.4 Å². The maximum Gasteiger partial charge on any atom is 0.416 e. The first-order valence-electron chi connectivity index (χ1n) is 7.11. The van der Waals surface area contributed by atoms with Crippen molar-refractivity contribution in [3.63, 3.8) is 0 Å². The van der Waals surface area contributed by atoms with Crippen molar-refractivity contribution in [3.05, 3.63) is 35.4 Å². The first-order valence-corrected chi connectivity index (χ1v) is 7.11. The number of carbonyl (C=O) groups excluding carboxylic acids is 2. The Bertz CT molecular complexity index is 517. The molecule has 1 aromatic rings. The second kappa shape index (κ2) is 6.41. The molecule has 2 nitrogen and oxygen atoms in total. The van der Waals surface area contributed by atoms with E-state index in [0.717, 1.165) is 31.4 Å². The zero-order valence-electron chi connectivity index (χ0n) is 11.6. The highest BCUT2D eigenvalue weighted by Crippen LogP contribution is 2.29. The smallest absolute Gasteiger partial charge is 0.299 e. The van der Waals surface area contributed by atoms with Crippen LogP contribution in [0.2, 0.25) is 0 Å². The molecule has 21 heavy (non-hydrogen) atoms. The molecule has 1 atom stereocenters. The van der Waals surface area contributed by atoms with E-state index in [0.29, 0.717) is 12.8 Å². The van der Waals surface area contributed by atoms with Crippen molar-refractivity contribution in [2.75, 3.05) is 0 Å². The molecule has 0 spiro atoms.